The van der Waals surface area contributed by atoms with Crippen molar-refractivity contribution < 1.29 is 9.90 Å². The fourth-order valence-electron chi connectivity index (χ4n) is 1.31. The van der Waals surface area contributed by atoms with E-state index in [4.69, 9.17) is 5.11 Å². The highest BCUT2D eigenvalue weighted by molar-refractivity contribution is 5.86. The molecule has 5 nitrogen and oxygen atoms in total. The summed E-state index contributed by atoms with van der Waals surface area (Å²) < 4.78 is 0. The van der Waals surface area contributed by atoms with E-state index in [9.17, 15) is 4.79 Å². The Morgan fingerprint density at radius 2 is 1.88 bits per heavy atom. The van der Waals surface area contributed by atoms with Gasteiger partial charge >= 0.3 is 5.97 Å². The van der Waals surface area contributed by atoms with E-state index >= 15 is 0 Å². The Kier molecular flexibility index (Phi) is 2.59. The van der Waals surface area contributed by atoms with Gasteiger partial charge in [-0.2, -0.15) is 0 Å². The van der Waals surface area contributed by atoms with E-state index in [0.29, 0.717) is 11.5 Å². The van der Waals surface area contributed by atoms with Gasteiger partial charge in [-0.1, -0.05) is 30.3 Å². The van der Waals surface area contributed by atoms with Gasteiger partial charge in [0.25, 0.3) is 0 Å². The third-order valence-corrected chi connectivity index (χ3v) is 2.10. The van der Waals surface area contributed by atoms with Gasteiger partial charge in [0.15, 0.2) is 11.5 Å². The minimum absolute atomic E-state index is 0.111. The zero-order valence-electron chi connectivity index (χ0n) is 8.58. The number of carbonyl (C=O) groups is 1. The number of hydrogen-bond donors (Lipinski definition) is 1. The number of aromatic nitrogens is 3. The van der Waals surface area contributed by atoms with E-state index in [-0.39, 0.29) is 5.69 Å². The number of carboxylic acids is 1. The van der Waals surface area contributed by atoms with E-state index in [2.05, 4.69) is 15.2 Å². The van der Waals surface area contributed by atoms with Crippen molar-refractivity contribution in [2.24, 2.45) is 0 Å². The maximum absolute atomic E-state index is 10.7. The van der Waals surface area contributed by atoms with Crippen molar-refractivity contribution in [2.75, 3.05) is 0 Å². The van der Waals surface area contributed by atoms with Crippen molar-refractivity contribution >= 4 is 5.97 Å². The van der Waals surface area contributed by atoms with Crippen molar-refractivity contribution in [3.05, 3.63) is 41.7 Å². The first kappa shape index (κ1) is 10.2. The monoisotopic (exact) mass is 215 g/mol. The molecule has 1 heterocycles. The summed E-state index contributed by atoms with van der Waals surface area (Å²) in [5.74, 6) is -0.680. The summed E-state index contributed by atoms with van der Waals surface area (Å²) in [7, 11) is 0. The van der Waals surface area contributed by atoms with Crippen LogP contribution in [0.3, 0.4) is 0 Å². The highest BCUT2D eigenvalue weighted by Crippen LogP contribution is 2.13. The average Bonchev–Trinajstić information content (AvgIpc) is 2.29. The second kappa shape index (κ2) is 4.06. The molecule has 2 aromatic rings. The van der Waals surface area contributed by atoms with E-state index in [1.54, 1.807) is 6.92 Å². The van der Waals surface area contributed by atoms with Gasteiger partial charge in [-0.15, -0.1) is 10.2 Å². The smallest absolute Gasteiger partial charge is 0.358 e. The topological polar surface area (TPSA) is 76.0 Å². The molecule has 1 N–H and O–H groups in total. The van der Waals surface area contributed by atoms with Crippen LogP contribution in [0.2, 0.25) is 0 Å². The molecule has 0 aliphatic carbocycles. The van der Waals surface area contributed by atoms with E-state index < -0.39 is 5.97 Å². The van der Waals surface area contributed by atoms with Crippen LogP contribution in [0, 0.1) is 6.92 Å². The summed E-state index contributed by atoms with van der Waals surface area (Å²) in [5, 5.41) is 16.2. The molecule has 0 saturated carbocycles. The van der Waals surface area contributed by atoms with Crippen molar-refractivity contribution in [3.63, 3.8) is 0 Å². The van der Waals surface area contributed by atoms with Crippen molar-refractivity contribution in [1.82, 2.24) is 15.2 Å². The molecule has 2 rings (SSSR count). The van der Waals surface area contributed by atoms with Crippen molar-refractivity contribution in [2.45, 2.75) is 6.92 Å². The van der Waals surface area contributed by atoms with Crippen LogP contribution in [-0.4, -0.2) is 26.3 Å². The van der Waals surface area contributed by atoms with Crippen molar-refractivity contribution in [1.29, 1.82) is 0 Å². The first-order chi connectivity index (χ1) is 7.68. The second-order valence-electron chi connectivity index (χ2n) is 3.24. The standard InChI is InChI=1S/C11H9N3O2/c1-7-9(11(15)16)13-14-10(12-7)8-5-3-2-4-6-8/h2-6H,1H3,(H,15,16). The van der Waals surface area contributed by atoms with Crippen LogP contribution < -0.4 is 0 Å². The molecular weight excluding hydrogens is 206 g/mol. The lowest BCUT2D eigenvalue weighted by Crippen LogP contribution is -2.08. The molecular formula is C11H9N3O2. The van der Waals surface area contributed by atoms with Crippen LogP contribution in [0.25, 0.3) is 11.4 Å². The third-order valence-electron chi connectivity index (χ3n) is 2.10. The molecule has 0 fully saturated rings. The highest BCUT2D eigenvalue weighted by atomic mass is 16.4. The van der Waals surface area contributed by atoms with E-state index in [0.717, 1.165) is 5.56 Å². The molecule has 1 aromatic heterocycles. The summed E-state index contributed by atoms with van der Waals surface area (Å²) in [5.41, 5.74) is 1.07. The van der Waals surface area contributed by atoms with Gasteiger partial charge in [0, 0.05) is 5.56 Å². The Hall–Kier alpha value is -2.30. The van der Waals surface area contributed by atoms with Gasteiger partial charge in [-0.25, -0.2) is 9.78 Å². The van der Waals surface area contributed by atoms with Crippen LogP contribution in [0.4, 0.5) is 0 Å². The SMILES string of the molecule is Cc1nc(-c2ccccc2)nnc1C(=O)O. The third kappa shape index (κ3) is 1.88. The predicted molar refractivity (Wildman–Crippen MR) is 57.0 cm³/mol. The van der Waals surface area contributed by atoms with E-state index in [1.807, 2.05) is 30.3 Å². The molecule has 0 spiro atoms. The van der Waals surface area contributed by atoms with Crippen LogP contribution >= 0.6 is 0 Å². The predicted octanol–water partition coefficient (Wildman–Crippen LogP) is 1.55. The summed E-state index contributed by atoms with van der Waals surface area (Å²) in [4.78, 5) is 14.8. The number of benzene rings is 1. The normalized spacial score (nSPS) is 10.1. The van der Waals surface area contributed by atoms with Crippen molar-refractivity contribution in [3.8, 4) is 11.4 Å². The lowest BCUT2D eigenvalue weighted by molar-refractivity contribution is 0.0687. The number of aryl methyl sites for hydroxylation is 1. The first-order valence-electron chi connectivity index (χ1n) is 4.68. The Bertz CT molecular complexity index is 526. The quantitative estimate of drug-likeness (QED) is 0.822. The van der Waals surface area contributed by atoms with Gasteiger partial charge in [0.05, 0.1) is 5.69 Å². The van der Waals surface area contributed by atoms with Crippen LogP contribution in [0.5, 0.6) is 0 Å². The summed E-state index contributed by atoms with van der Waals surface area (Å²) in [6, 6.07) is 9.29. The van der Waals surface area contributed by atoms with Crippen LogP contribution in [0.15, 0.2) is 30.3 Å². The molecule has 0 atom stereocenters. The maximum Gasteiger partial charge on any atom is 0.358 e. The summed E-state index contributed by atoms with van der Waals surface area (Å²) in [6.45, 7) is 1.60. The van der Waals surface area contributed by atoms with Gasteiger partial charge in [-0.05, 0) is 6.92 Å². The largest absolute Gasteiger partial charge is 0.476 e. The average molecular weight is 215 g/mol. The van der Waals surface area contributed by atoms with Crippen LogP contribution in [-0.2, 0) is 0 Å². The molecule has 0 aliphatic rings. The minimum Gasteiger partial charge on any atom is -0.476 e. The lowest BCUT2D eigenvalue weighted by atomic mass is 10.2. The molecule has 1 aromatic carbocycles. The Morgan fingerprint density at radius 1 is 1.19 bits per heavy atom. The Morgan fingerprint density at radius 3 is 2.44 bits per heavy atom. The molecule has 80 valence electrons. The fraction of sp³-hybridized carbons (Fsp3) is 0.0909. The van der Waals surface area contributed by atoms with Gasteiger partial charge < -0.3 is 5.11 Å². The molecule has 0 aliphatic heterocycles. The number of rotatable bonds is 2. The Balaban J connectivity index is 2.46. The van der Waals surface area contributed by atoms with Gasteiger partial charge in [0.1, 0.15) is 0 Å². The highest BCUT2D eigenvalue weighted by Gasteiger charge is 2.12. The Labute approximate surface area is 91.8 Å². The second-order valence-corrected chi connectivity index (χ2v) is 3.24. The molecule has 0 saturated heterocycles. The number of aromatic carboxylic acids is 1. The zero-order valence-corrected chi connectivity index (χ0v) is 8.58. The van der Waals surface area contributed by atoms with Gasteiger partial charge in [-0.3, -0.25) is 0 Å². The fourth-order valence-corrected chi connectivity index (χ4v) is 1.31. The number of nitrogens with zero attached hydrogens (tertiary/aromatic N) is 3. The number of carboxylic acid groups (broad SMARTS) is 1. The molecule has 0 unspecified atom stereocenters. The van der Waals surface area contributed by atoms with Gasteiger partial charge in [0.2, 0.25) is 0 Å². The number of hydrogen-bond acceptors (Lipinski definition) is 4. The van der Waals surface area contributed by atoms with E-state index in [1.165, 1.54) is 0 Å². The minimum atomic E-state index is -1.11. The lowest BCUT2D eigenvalue weighted by Gasteiger charge is -2.01. The first-order valence-corrected chi connectivity index (χ1v) is 4.68. The zero-order chi connectivity index (χ0) is 11.5. The summed E-state index contributed by atoms with van der Waals surface area (Å²) in [6.07, 6.45) is 0. The maximum atomic E-state index is 10.7. The molecule has 5 heteroatoms. The van der Waals surface area contributed by atoms with Crippen LogP contribution in [0.1, 0.15) is 16.2 Å². The molecule has 16 heavy (non-hydrogen) atoms. The molecule has 0 radical (unpaired) electrons. The molecule has 0 amide bonds. The summed E-state index contributed by atoms with van der Waals surface area (Å²) >= 11 is 0. The molecule has 0 bridgehead atoms.